The number of hydrogen-bond acceptors (Lipinski definition) is 6. The number of fused-ring (bicyclic) bond motifs is 1. The fraction of sp³-hybridized carbons (Fsp3) is 0.333. The van der Waals surface area contributed by atoms with Crippen LogP contribution in [0, 0.1) is 20.8 Å². The van der Waals surface area contributed by atoms with Gasteiger partial charge in [0.15, 0.2) is 23.1 Å². The lowest BCUT2D eigenvalue weighted by atomic mass is 10.3. The molecule has 0 N–H and O–H groups in total. The van der Waals surface area contributed by atoms with E-state index in [1.165, 1.54) is 0 Å². The Morgan fingerprint density at radius 3 is 2.58 bits per heavy atom. The molecule has 4 aromatic rings. The molecule has 0 bridgehead atoms. The van der Waals surface area contributed by atoms with Crippen LogP contribution in [0.2, 0.25) is 0 Å². The minimum atomic E-state index is 0.643. The lowest BCUT2D eigenvalue weighted by molar-refractivity contribution is 0.640. The zero-order valence-corrected chi connectivity index (χ0v) is 14.0. The van der Waals surface area contributed by atoms with Crippen molar-refractivity contribution in [2.75, 3.05) is 0 Å². The van der Waals surface area contributed by atoms with Gasteiger partial charge in [0.1, 0.15) is 11.5 Å². The van der Waals surface area contributed by atoms with Crippen molar-refractivity contribution in [3.63, 3.8) is 0 Å². The van der Waals surface area contributed by atoms with Crippen molar-refractivity contribution in [1.29, 1.82) is 0 Å². The maximum absolute atomic E-state index is 4.60. The molecule has 0 saturated carbocycles. The molecule has 0 atom stereocenters. The molecule has 4 rings (SSSR count). The Bertz CT molecular complexity index is 1040. The van der Waals surface area contributed by atoms with Gasteiger partial charge in [-0.15, -0.1) is 20.4 Å². The van der Waals surface area contributed by atoms with Crippen LogP contribution in [0.25, 0.3) is 23.0 Å². The molecular weight excluding hydrogens is 306 g/mol. The Kier molecular flexibility index (Phi) is 3.15. The molecule has 0 saturated heterocycles. The Morgan fingerprint density at radius 1 is 1.00 bits per heavy atom. The summed E-state index contributed by atoms with van der Waals surface area (Å²) in [6.07, 6.45) is 0. The first-order chi connectivity index (χ1) is 11.6. The van der Waals surface area contributed by atoms with Crippen LogP contribution in [0.4, 0.5) is 0 Å². The standard InChI is InChI=1S/C15H17N9/c1-5-22-9(2)8-12(20-22)15-16-10(3)19-24(15)14-7-6-13-18-17-11(4)23(13)21-14/h6-8H,5H2,1-4H3. The Balaban J connectivity index is 1.89. The molecule has 0 aliphatic rings. The van der Waals surface area contributed by atoms with E-state index >= 15 is 0 Å². The molecule has 0 fully saturated rings. The lowest BCUT2D eigenvalue weighted by Crippen LogP contribution is -2.07. The third-order valence-corrected chi connectivity index (χ3v) is 3.84. The predicted molar refractivity (Wildman–Crippen MR) is 86.8 cm³/mol. The van der Waals surface area contributed by atoms with Gasteiger partial charge in [0.2, 0.25) is 0 Å². The van der Waals surface area contributed by atoms with E-state index in [2.05, 4.69) is 37.4 Å². The average molecular weight is 323 g/mol. The molecule has 0 radical (unpaired) electrons. The fourth-order valence-electron chi connectivity index (χ4n) is 2.68. The molecule has 122 valence electrons. The highest BCUT2D eigenvalue weighted by Gasteiger charge is 2.17. The number of aromatic nitrogens is 9. The molecule has 0 spiro atoms. The molecular formula is C15H17N9. The monoisotopic (exact) mass is 323 g/mol. The van der Waals surface area contributed by atoms with Gasteiger partial charge in [-0.2, -0.15) is 14.3 Å². The minimum absolute atomic E-state index is 0.643. The van der Waals surface area contributed by atoms with Crippen LogP contribution < -0.4 is 0 Å². The fourth-order valence-corrected chi connectivity index (χ4v) is 2.68. The minimum Gasteiger partial charge on any atom is -0.269 e. The van der Waals surface area contributed by atoms with Gasteiger partial charge >= 0.3 is 0 Å². The van der Waals surface area contributed by atoms with Crippen LogP contribution in [-0.2, 0) is 6.54 Å². The van der Waals surface area contributed by atoms with Crippen molar-refractivity contribution in [1.82, 2.24) is 44.4 Å². The molecule has 0 amide bonds. The summed E-state index contributed by atoms with van der Waals surface area (Å²) in [4.78, 5) is 4.53. The van der Waals surface area contributed by atoms with Crippen molar-refractivity contribution < 1.29 is 0 Å². The summed E-state index contributed by atoms with van der Waals surface area (Å²) in [5.74, 6) is 2.69. The van der Waals surface area contributed by atoms with E-state index in [4.69, 9.17) is 0 Å². The van der Waals surface area contributed by atoms with Crippen LogP contribution in [0.15, 0.2) is 18.2 Å². The zero-order valence-electron chi connectivity index (χ0n) is 14.0. The first-order valence-electron chi connectivity index (χ1n) is 7.74. The van der Waals surface area contributed by atoms with E-state index in [0.717, 1.165) is 23.8 Å². The number of nitrogens with zero attached hydrogens (tertiary/aromatic N) is 9. The number of rotatable bonds is 3. The third-order valence-electron chi connectivity index (χ3n) is 3.84. The van der Waals surface area contributed by atoms with Gasteiger partial charge in [-0.25, -0.2) is 4.98 Å². The van der Waals surface area contributed by atoms with E-state index in [-0.39, 0.29) is 0 Å². The topological polar surface area (TPSA) is 91.6 Å². The van der Waals surface area contributed by atoms with Gasteiger partial charge in [0.05, 0.1) is 0 Å². The summed E-state index contributed by atoms with van der Waals surface area (Å²) < 4.78 is 5.33. The Labute approximate surface area is 138 Å². The molecule has 24 heavy (non-hydrogen) atoms. The highest BCUT2D eigenvalue weighted by atomic mass is 15.4. The highest BCUT2D eigenvalue weighted by molar-refractivity contribution is 5.53. The van der Waals surface area contributed by atoms with Crippen LogP contribution in [0.5, 0.6) is 0 Å². The third kappa shape index (κ3) is 2.16. The van der Waals surface area contributed by atoms with Crippen molar-refractivity contribution >= 4 is 5.65 Å². The first-order valence-corrected chi connectivity index (χ1v) is 7.74. The normalized spacial score (nSPS) is 11.5. The maximum Gasteiger partial charge on any atom is 0.185 e. The molecule has 0 aromatic carbocycles. The van der Waals surface area contributed by atoms with Crippen LogP contribution in [0.3, 0.4) is 0 Å². The molecule has 9 nitrogen and oxygen atoms in total. The summed E-state index contributed by atoms with van der Waals surface area (Å²) in [6.45, 7) is 8.61. The molecule has 0 aliphatic carbocycles. The SMILES string of the molecule is CCn1nc(-c2nc(C)nn2-c2ccc3nnc(C)n3n2)cc1C. The van der Waals surface area contributed by atoms with E-state index in [1.807, 2.05) is 43.7 Å². The van der Waals surface area contributed by atoms with E-state index in [0.29, 0.717) is 23.1 Å². The summed E-state index contributed by atoms with van der Waals surface area (Å²) >= 11 is 0. The van der Waals surface area contributed by atoms with E-state index in [1.54, 1.807) is 9.20 Å². The van der Waals surface area contributed by atoms with Crippen LogP contribution in [-0.4, -0.2) is 44.4 Å². The predicted octanol–water partition coefficient (Wildman–Crippen LogP) is 1.51. The van der Waals surface area contributed by atoms with Crippen molar-refractivity contribution in [3.05, 3.63) is 35.5 Å². The smallest absolute Gasteiger partial charge is 0.185 e. The largest absolute Gasteiger partial charge is 0.269 e. The van der Waals surface area contributed by atoms with Crippen LogP contribution >= 0.6 is 0 Å². The molecule has 4 aromatic heterocycles. The van der Waals surface area contributed by atoms with Crippen molar-refractivity contribution in [2.24, 2.45) is 0 Å². The number of hydrogen-bond donors (Lipinski definition) is 0. The van der Waals surface area contributed by atoms with Gasteiger partial charge in [0, 0.05) is 12.2 Å². The molecule has 0 aliphatic heterocycles. The summed E-state index contributed by atoms with van der Waals surface area (Å²) in [5.41, 5.74) is 2.55. The lowest BCUT2D eigenvalue weighted by Gasteiger charge is -2.04. The van der Waals surface area contributed by atoms with Gasteiger partial charge in [-0.1, -0.05) is 0 Å². The molecule has 4 heterocycles. The average Bonchev–Trinajstić information content (AvgIpc) is 3.24. The zero-order chi connectivity index (χ0) is 16.8. The molecule has 0 unspecified atom stereocenters. The van der Waals surface area contributed by atoms with Gasteiger partial charge in [-0.3, -0.25) is 4.68 Å². The molecule has 9 heteroatoms. The highest BCUT2D eigenvalue weighted by Crippen LogP contribution is 2.20. The van der Waals surface area contributed by atoms with Gasteiger partial charge in [-0.05, 0) is 45.9 Å². The quantitative estimate of drug-likeness (QED) is 0.567. The second-order valence-corrected chi connectivity index (χ2v) is 5.59. The summed E-state index contributed by atoms with van der Waals surface area (Å²) in [5, 5.41) is 21.7. The van der Waals surface area contributed by atoms with Gasteiger partial charge in [0.25, 0.3) is 0 Å². The van der Waals surface area contributed by atoms with Crippen molar-refractivity contribution in [2.45, 2.75) is 34.2 Å². The summed E-state index contributed by atoms with van der Waals surface area (Å²) in [6, 6.07) is 5.72. The Morgan fingerprint density at radius 2 is 1.83 bits per heavy atom. The maximum atomic E-state index is 4.60. The second kappa shape index (κ2) is 5.22. The van der Waals surface area contributed by atoms with Crippen LogP contribution in [0.1, 0.15) is 24.3 Å². The van der Waals surface area contributed by atoms with Crippen molar-refractivity contribution in [3.8, 4) is 17.3 Å². The summed E-state index contributed by atoms with van der Waals surface area (Å²) in [7, 11) is 0. The first kappa shape index (κ1) is 14.5. The van der Waals surface area contributed by atoms with E-state index < -0.39 is 0 Å². The van der Waals surface area contributed by atoms with Gasteiger partial charge < -0.3 is 0 Å². The number of aryl methyl sites for hydroxylation is 4. The Hall–Kier alpha value is -3.10. The second-order valence-electron chi connectivity index (χ2n) is 5.59. The van der Waals surface area contributed by atoms with E-state index in [9.17, 15) is 0 Å².